The van der Waals surface area contributed by atoms with Gasteiger partial charge in [0.2, 0.25) is 5.88 Å². The molecule has 0 aliphatic carbocycles. The van der Waals surface area contributed by atoms with E-state index >= 15 is 0 Å². The minimum Gasteiger partial charge on any atom is -0.477 e. The molecule has 0 unspecified atom stereocenters. The van der Waals surface area contributed by atoms with E-state index in [4.69, 9.17) is 4.74 Å². The molecule has 0 aromatic carbocycles. The summed E-state index contributed by atoms with van der Waals surface area (Å²) in [6, 6.07) is 4.06. The molecule has 102 valence electrons. The fourth-order valence-electron chi connectivity index (χ4n) is 1.58. The summed E-state index contributed by atoms with van der Waals surface area (Å²) in [5.41, 5.74) is 2.29. The number of pyridine rings is 1. The van der Waals surface area contributed by atoms with Crippen LogP contribution in [0.1, 0.15) is 39.0 Å². The predicted octanol–water partition coefficient (Wildman–Crippen LogP) is 3.17. The van der Waals surface area contributed by atoms with Crippen molar-refractivity contribution in [3.63, 3.8) is 0 Å². The molecule has 0 fully saturated rings. The summed E-state index contributed by atoms with van der Waals surface area (Å²) in [6.45, 7) is 13.4. The monoisotopic (exact) mass is 250 g/mol. The number of hydrogen-bond donors (Lipinski definition) is 1. The molecule has 1 rings (SSSR count). The smallest absolute Gasteiger partial charge is 0.213 e. The van der Waals surface area contributed by atoms with Crippen molar-refractivity contribution in [1.82, 2.24) is 10.3 Å². The van der Waals surface area contributed by atoms with Gasteiger partial charge in [-0.2, -0.15) is 0 Å². The van der Waals surface area contributed by atoms with Crippen molar-refractivity contribution in [2.45, 2.75) is 41.2 Å². The van der Waals surface area contributed by atoms with E-state index in [0.717, 1.165) is 31.3 Å². The summed E-state index contributed by atoms with van der Waals surface area (Å²) < 4.78 is 5.61. The highest BCUT2D eigenvalue weighted by Crippen LogP contribution is 2.13. The van der Waals surface area contributed by atoms with Crippen molar-refractivity contribution in [2.24, 2.45) is 11.8 Å². The van der Waals surface area contributed by atoms with Crippen molar-refractivity contribution in [3.8, 4) is 5.88 Å². The average Bonchev–Trinajstić information content (AvgIpc) is 2.28. The van der Waals surface area contributed by atoms with Gasteiger partial charge in [0, 0.05) is 18.3 Å². The molecule has 18 heavy (non-hydrogen) atoms. The SMILES string of the molecule is Cc1nc(OCC(C)C)ccc1CNCC(C)C. The Morgan fingerprint density at radius 1 is 1.17 bits per heavy atom. The van der Waals surface area contributed by atoms with E-state index < -0.39 is 0 Å². The summed E-state index contributed by atoms with van der Waals surface area (Å²) in [4.78, 5) is 4.48. The lowest BCUT2D eigenvalue weighted by Crippen LogP contribution is -2.19. The molecule has 0 atom stereocenters. The molecule has 1 N–H and O–H groups in total. The molecule has 3 nitrogen and oxygen atoms in total. The Balaban J connectivity index is 2.51. The molecular formula is C15H26N2O. The van der Waals surface area contributed by atoms with Crippen molar-refractivity contribution >= 4 is 0 Å². The molecule has 0 amide bonds. The molecule has 0 aliphatic rings. The number of hydrogen-bond acceptors (Lipinski definition) is 3. The predicted molar refractivity (Wildman–Crippen MR) is 75.9 cm³/mol. The molecule has 0 saturated carbocycles. The van der Waals surface area contributed by atoms with Crippen molar-refractivity contribution in [1.29, 1.82) is 0 Å². The van der Waals surface area contributed by atoms with Gasteiger partial charge in [0.15, 0.2) is 0 Å². The van der Waals surface area contributed by atoms with Crippen LogP contribution in [0.2, 0.25) is 0 Å². The minimum atomic E-state index is 0.527. The second-order valence-electron chi connectivity index (χ2n) is 5.62. The van der Waals surface area contributed by atoms with E-state index in [9.17, 15) is 0 Å². The molecule has 1 heterocycles. The first-order valence-electron chi connectivity index (χ1n) is 6.79. The van der Waals surface area contributed by atoms with Crippen LogP contribution in [-0.4, -0.2) is 18.1 Å². The molecule has 1 aromatic heterocycles. The summed E-state index contributed by atoms with van der Waals surface area (Å²) in [6.07, 6.45) is 0. The Morgan fingerprint density at radius 3 is 2.44 bits per heavy atom. The zero-order valence-corrected chi connectivity index (χ0v) is 12.3. The van der Waals surface area contributed by atoms with Gasteiger partial charge in [0.05, 0.1) is 6.61 Å². The first-order valence-corrected chi connectivity index (χ1v) is 6.79. The van der Waals surface area contributed by atoms with Crippen LogP contribution in [0.25, 0.3) is 0 Å². The standard InChI is InChI=1S/C15H26N2O/c1-11(2)8-16-9-14-6-7-15(17-13(14)5)18-10-12(3)4/h6-7,11-12,16H,8-10H2,1-5H3. The molecule has 3 heteroatoms. The molecule has 1 aromatic rings. The first-order chi connectivity index (χ1) is 8.49. The van der Waals surface area contributed by atoms with Crippen LogP contribution in [-0.2, 0) is 6.54 Å². The van der Waals surface area contributed by atoms with E-state index in [-0.39, 0.29) is 0 Å². The minimum absolute atomic E-state index is 0.527. The number of aromatic nitrogens is 1. The number of nitrogens with one attached hydrogen (secondary N) is 1. The highest BCUT2D eigenvalue weighted by Gasteiger charge is 2.04. The van der Waals surface area contributed by atoms with Gasteiger partial charge in [0.1, 0.15) is 0 Å². The second kappa shape index (κ2) is 7.37. The van der Waals surface area contributed by atoms with Crippen molar-refractivity contribution in [3.05, 3.63) is 23.4 Å². The van der Waals surface area contributed by atoms with Crippen LogP contribution in [0.4, 0.5) is 0 Å². The van der Waals surface area contributed by atoms with Gasteiger partial charge < -0.3 is 10.1 Å². The van der Waals surface area contributed by atoms with Gasteiger partial charge in [-0.15, -0.1) is 0 Å². The fourth-order valence-corrected chi connectivity index (χ4v) is 1.58. The maximum atomic E-state index is 5.61. The molecule has 0 spiro atoms. The lowest BCUT2D eigenvalue weighted by molar-refractivity contribution is 0.261. The Labute approximate surface area is 111 Å². The summed E-state index contributed by atoms with van der Waals surface area (Å²) >= 11 is 0. The molecule has 0 radical (unpaired) electrons. The maximum absolute atomic E-state index is 5.61. The summed E-state index contributed by atoms with van der Waals surface area (Å²) in [5.74, 6) is 1.93. The fraction of sp³-hybridized carbons (Fsp3) is 0.667. The highest BCUT2D eigenvalue weighted by atomic mass is 16.5. The van der Waals surface area contributed by atoms with E-state index in [1.54, 1.807) is 0 Å². The normalized spacial score (nSPS) is 11.3. The van der Waals surface area contributed by atoms with Crippen LogP contribution in [0.15, 0.2) is 12.1 Å². The van der Waals surface area contributed by atoms with Crippen LogP contribution in [0, 0.1) is 18.8 Å². The topological polar surface area (TPSA) is 34.1 Å². The van der Waals surface area contributed by atoms with Crippen molar-refractivity contribution < 1.29 is 4.74 Å². The third-order valence-corrected chi connectivity index (χ3v) is 2.60. The maximum Gasteiger partial charge on any atom is 0.213 e. The van der Waals surface area contributed by atoms with E-state index in [0.29, 0.717) is 11.8 Å². The van der Waals surface area contributed by atoms with Gasteiger partial charge in [-0.05, 0) is 30.9 Å². The Kier molecular flexibility index (Phi) is 6.13. The molecule has 0 aliphatic heterocycles. The Bertz CT molecular complexity index is 362. The quantitative estimate of drug-likeness (QED) is 0.807. The lowest BCUT2D eigenvalue weighted by atomic mass is 10.2. The summed E-state index contributed by atoms with van der Waals surface area (Å²) in [5, 5.41) is 3.43. The second-order valence-corrected chi connectivity index (χ2v) is 5.62. The third kappa shape index (κ3) is 5.50. The van der Waals surface area contributed by atoms with Gasteiger partial charge in [-0.25, -0.2) is 4.98 Å². The van der Waals surface area contributed by atoms with Crippen molar-refractivity contribution in [2.75, 3.05) is 13.2 Å². The van der Waals surface area contributed by atoms with Gasteiger partial charge in [-0.1, -0.05) is 33.8 Å². The van der Waals surface area contributed by atoms with Gasteiger partial charge in [-0.3, -0.25) is 0 Å². The van der Waals surface area contributed by atoms with Crippen LogP contribution in [0.3, 0.4) is 0 Å². The Hall–Kier alpha value is -1.09. The molecule has 0 bridgehead atoms. The number of aryl methyl sites for hydroxylation is 1. The lowest BCUT2D eigenvalue weighted by Gasteiger charge is -2.12. The van der Waals surface area contributed by atoms with E-state index in [2.05, 4.69) is 44.1 Å². The Morgan fingerprint density at radius 2 is 1.89 bits per heavy atom. The molecule has 0 saturated heterocycles. The zero-order valence-electron chi connectivity index (χ0n) is 12.3. The first kappa shape index (κ1) is 15.0. The number of ether oxygens (including phenoxy) is 1. The third-order valence-electron chi connectivity index (χ3n) is 2.60. The zero-order chi connectivity index (χ0) is 13.5. The largest absolute Gasteiger partial charge is 0.477 e. The summed E-state index contributed by atoms with van der Waals surface area (Å²) in [7, 11) is 0. The van der Waals surface area contributed by atoms with Gasteiger partial charge >= 0.3 is 0 Å². The van der Waals surface area contributed by atoms with E-state index in [1.165, 1.54) is 5.56 Å². The average molecular weight is 250 g/mol. The number of nitrogens with zero attached hydrogens (tertiary/aromatic N) is 1. The van der Waals surface area contributed by atoms with E-state index in [1.807, 2.05) is 13.0 Å². The van der Waals surface area contributed by atoms with Crippen LogP contribution < -0.4 is 10.1 Å². The van der Waals surface area contributed by atoms with Crippen LogP contribution in [0.5, 0.6) is 5.88 Å². The van der Waals surface area contributed by atoms with Crippen LogP contribution >= 0.6 is 0 Å². The van der Waals surface area contributed by atoms with Gasteiger partial charge in [0.25, 0.3) is 0 Å². The number of rotatable bonds is 7. The highest BCUT2D eigenvalue weighted by molar-refractivity contribution is 5.24. The molecular weight excluding hydrogens is 224 g/mol.